The van der Waals surface area contributed by atoms with E-state index in [1.54, 1.807) is 0 Å². The fourth-order valence-electron chi connectivity index (χ4n) is 1.96. The van der Waals surface area contributed by atoms with E-state index in [9.17, 15) is 0 Å². The van der Waals surface area contributed by atoms with Gasteiger partial charge in [-0.15, -0.1) is 0 Å². The molecule has 2 unspecified atom stereocenters. The Hall–Kier alpha value is -0.0400. The lowest BCUT2D eigenvalue weighted by Crippen LogP contribution is -2.26. The lowest BCUT2D eigenvalue weighted by atomic mass is 9.80. The Morgan fingerprint density at radius 3 is 2.60 bits per heavy atom. The van der Waals surface area contributed by atoms with Crippen molar-refractivity contribution in [2.24, 2.45) is 11.8 Å². The Morgan fingerprint density at radius 1 is 1.30 bits per heavy atom. The van der Waals surface area contributed by atoms with Gasteiger partial charge in [-0.3, -0.25) is 0 Å². The maximum atomic E-state index is 3.27. The van der Waals surface area contributed by atoms with Crippen LogP contribution in [0.3, 0.4) is 0 Å². The van der Waals surface area contributed by atoms with Crippen LogP contribution in [0.15, 0.2) is 0 Å². The Morgan fingerprint density at radius 2 is 2.00 bits per heavy atom. The molecule has 0 aromatic heterocycles. The second kappa shape index (κ2) is 3.97. The monoisotopic (exact) mass is 141 g/mol. The minimum Gasteiger partial charge on any atom is -0.319 e. The third kappa shape index (κ3) is 1.98. The van der Waals surface area contributed by atoms with E-state index in [0.717, 1.165) is 11.8 Å². The normalized spacial score (nSPS) is 34.2. The standard InChI is InChI=1S/C9H19N/c1-8-5-3-4-6-9(8)7-10-2/h8-10H,3-7H2,1-2H3. The molecule has 0 aromatic rings. The van der Waals surface area contributed by atoms with Crippen LogP contribution in [0.1, 0.15) is 32.6 Å². The summed E-state index contributed by atoms with van der Waals surface area (Å²) in [6.07, 6.45) is 5.81. The van der Waals surface area contributed by atoms with E-state index < -0.39 is 0 Å². The first kappa shape index (κ1) is 8.06. The van der Waals surface area contributed by atoms with Crippen molar-refractivity contribution < 1.29 is 0 Å². The number of hydrogen-bond acceptors (Lipinski definition) is 1. The van der Waals surface area contributed by atoms with Gasteiger partial charge in [0.2, 0.25) is 0 Å². The molecule has 1 rings (SSSR count). The molecule has 10 heavy (non-hydrogen) atoms. The van der Waals surface area contributed by atoms with Crippen molar-refractivity contribution in [3.63, 3.8) is 0 Å². The molecule has 1 aliphatic carbocycles. The van der Waals surface area contributed by atoms with Crippen molar-refractivity contribution in [1.29, 1.82) is 0 Å². The molecular formula is C9H19N. The Balaban J connectivity index is 2.25. The largest absolute Gasteiger partial charge is 0.319 e. The van der Waals surface area contributed by atoms with Crippen molar-refractivity contribution in [3.05, 3.63) is 0 Å². The van der Waals surface area contributed by atoms with Gasteiger partial charge in [-0.25, -0.2) is 0 Å². The van der Waals surface area contributed by atoms with Crippen LogP contribution < -0.4 is 5.32 Å². The molecule has 0 bridgehead atoms. The topological polar surface area (TPSA) is 12.0 Å². The average Bonchev–Trinajstić information content (AvgIpc) is 1.94. The van der Waals surface area contributed by atoms with Gasteiger partial charge < -0.3 is 5.32 Å². The van der Waals surface area contributed by atoms with Crippen LogP contribution >= 0.6 is 0 Å². The smallest absolute Gasteiger partial charge is 0.00210 e. The van der Waals surface area contributed by atoms with Gasteiger partial charge in [-0.1, -0.05) is 26.2 Å². The van der Waals surface area contributed by atoms with Gasteiger partial charge in [0.25, 0.3) is 0 Å². The maximum absolute atomic E-state index is 3.27. The van der Waals surface area contributed by atoms with Crippen LogP contribution in [-0.4, -0.2) is 13.6 Å². The summed E-state index contributed by atoms with van der Waals surface area (Å²) in [6, 6.07) is 0. The predicted octanol–water partition coefficient (Wildman–Crippen LogP) is 2.03. The van der Waals surface area contributed by atoms with E-state index in [-0.39, 0.29) is 0 Å². The molecule has 0 radical (unpaired) electrons. The van der Waals surface area contributed by atoms with Gasteiger partial charge in [0.05, 0.1) is 0 Å². The number of nitrogens with one attached hydrogen (secondary N) is 1. The minimum atomic E-state index is 0.957. The van der Waals surface area contributed by atoms with Gasteiger partial charge in [0.1, 0.15) is 0 Å². The lowest BCUT2D eigenvalue weighted by molar-refractivity contribution is 0.252. The molecule has 0 spiro atoms. The molecule has 1 saturated carbocycles. The molecule has 0 aromatic carbocycles. The van der Waals surface area contributed by atoms with Crippen molar-refractivity contribution >= 4 is 0 Å². The minimum absolute atomic E-state index is 0.957. The zero-order chi connectivity index (χ0) is 7.40. The van der Waals surface area contributed by atoms with Crippen LogP contribution in [0.5, 0.6) is 0 Å². The summed E-state index contributed by atoms with van der Waals surface area (Å²) in [5.41, 5.74) is 0. The molecule has 1 fully saturated rings. The van der Waals surface area contributed by atoms with E-state index in [1.807, 2.05) is 0 Å². The van der Waals surface area contributed by atoms with Crippen LogP contribution in [-0.2, 0) is 0 Å². The summed E-state index contributed by atoms with van der Waals surface area (Å²) in [5.74, 6) is 1.92. The van der Waals surface area contributed by atoms with Crippen LogP contribution in [0, 0.1) is 11.8 Å². The van der Waals surface area contributed by atoms with Crippen molar-refractivity contribution in [3.8, 4) is 0 Å². The Labute approximate surface area is 64.2 Å². The molecule has 60 valence electrons. The molecule has 1 heteroatoms. The number of hydrogen-bond donors (Lipinski definition) is 1. The van der Waals surface area contributed by atoms with Crippen LogP contribution in [0.4, 0.5) is 0 Å². The number of rotatable bonds is 2. The van der Waals surface area contributed by atoms with Crippen molar-refractivity contribution in [1.82, 2.24) is 5.32 Å². The summed E-state index contributed by atoms with van der Waals surface area (Å²) in [4.78, 5) is 0. The highest BCUT2D eigenvalue weighted by Gasteiger charge is 2.19. The summed E-state index contributed by atoms with van der Waals surface area (Å²) >= 11 is 0. The quantitative estimate of drug-likeness (QED) is 0.620. The predicted molar refractivity (Wildman–Crippen MR) is 45.0 cm³/mol. The first-order valence-corrected chi connectivity index (χ1v) is 4.49. The third-order valence-corrected chi connectivity index (χ3v) is 2.76. The van der Waals surface area contributed by atoms with E-state index >= 15 is 0 Å². The highest BCUT2D eigenvalue weighted by molar-refractivity contribution is 4.73. The van der Waals surface area contributed by atoms with E-state index in [2.05, 4.69) is 19.3 Å². The lowest BCUT2D eigenvalue weighted by Gasteiger charge is -2.28. The van der Waals surface area contributed by atoms with Gasteiger partial charge in [0.15, 0.2) is 0 Å². The fourth-order valence-corrected chi connectivity index (χ4v) is 1.96. The summed E-state index contributed by atoms with van der Waals surface area (Å²) in [5, 5.41) is 3.27. The summed E-state index contributed by atoms with van der Waals surface area (Å²) < 4.78 is 0. The second-order valence-electron chi connectivity index (χ2n) is 3.58. The van der Waals surface area contributed by atoms with Crippen LogP contribution in [0.2, 0.25) is 0 Å². The molecule has 0 heterocycles. The van der Waals surface area contributed by atoms with Gasteiger partial charge in [0, 0.05) is 0 Å². The SMILES string of the molecule is CNCC1CCCCC1C. The first-order valence-electron chi connectivity index (χ1n) is 4.49. The van der Waals surface area contributed by atoms with Crippen molar-refractivity contribution in [2.45, 2.75) is 32.6 Å². The van der Waals surface area contributed by atoms with Gasteiger partial charge >= 0.3 is 0 Å². The van der Waals surface area contributed by atoms with E-state index in [1.165, 1.54) is 32.2 Å². The first-order chi connectivity index (χ1) is 4.84. The molecule has 1 aliphatic rings. The highest BCUT2D eigenvalue weighted by Crippen LogP contribution is 2.28. The third-order valence-electron chi connectivity index (χ3n) is 2.76. The highest BCUT2D eigenvalue weighted by atomic mass is 14.8. The van der Waals surface area contributed by atoms with Gasteiger partial charge in [-0.05, 0) is 31.8 Å². The maximum Gasteiger partial charge on any atom is -0.00210 e. The van der Waals surface area contributed by atoms with Crippen molar-refractivity contribution in [2.75, 3.05) is 13.6 Å². The Bertz CT molecular complexity index is 88.7. The summed E-state index contributed by atoms with van der Waals surface area (Å²) in [7, 11) is 2.06. The Kier molecular flexibility index (Phi) is 3.20. The molecule has 0 aliphatic heterocycles. The zero-order valence-corrected chi connectivity index (χ0v) is 7.19. The van der Waals surface area contributed by atoms with E-state index in [0.29, 0.717) is 0 Å². The zero-order valence-electron chi connectivity index (χ0n) is 7.19. The van der Waals surface area contributed by atoms with E-state index in [4.69, 9.17) is 0 Å². The summed E-state index contributed by atoms with van der Waals surface area (Å²) in [6.45, 7) is 3.61. The molecule has 0 amide bonds. The average molecular weight is 141 g/mol. The molecular weight excluding hydrogens is 122 g/mol. The second-order valence-corrected chi connectivity index (χ2v) is 3.58. The molecule has 0 saturated heterocycles. The molecule has 2 atom stereocenters. The fraction of sp³-hybridized carbons (Fsp3) is 1.00. The molecule has 1 N–H and O–H groups in total. The van der Waals surface area contributed by atoms with Crippen LogP contribution in [0.25, 0.3) is 0 Å². The molecule has 1 nitrogen and oxygen atoms in total. The van der Waals surface area contributed by atoms with Gasteiger partial charge in [-0.2, -0.15) is 0 Å².